The number of nitrogens with zero attached hydrogens (tertiary/aromatic N) is 2. The van der Waals surface area contributed by atoms with Crippen LogP contribution in [0.15, 0.2) is 28.8 Å². The van der Waals surface area contributed by atoms with Crippen LogP contribution in [-0.2, 0) is 16.0 Å². The van der Waals surface area contributed by atoms with E-state index in [2.05, 4.69) is 14.9 Å². The van der Waals surface area contributed by atoms with Gasteiger partial charge in [-0.05, 0) is 24.3 Å². The first-order valence-corrected chi connectivity index (χ1v) is 5.26. The Morgan fingerprint density at radius 1 is 1.28 bits per heavy atom. The second-order valence-corrected chi connectivity index (χ2v) is 3.49. The van der Waals surface area contributed by atoms with Crippen molar-refractivity contribution in [3.8, 4) is 17.1 Å². The van der Waals surface area contributed by atoms with Crippen LogP contribution in [0, 0.1) is 0 Å². The second kappa shape index (κ2) is 5.31. The van der Waals surface area contributed by atoms with Crippen molar-refractivity contribution in [1.82, 2.24) is 10.1 Å². The maximum absolute atomic E-state index is 11.0. The molecule has 1 heterocycles. The number of hydrogen-bond donors (Lipinski definition) is 0. The fourth-order valence-electron chi connectivity index (χ4n) is 1.38. The summed E-state index contributed by atoms with van der Waals surface area (Å²) >= 11 is 0. The molecule has 0 aliphatic rings. The third-order valence-corrected chi connectivity index (χ3v) is 2.34. The van der Waals surface area contributed by atoms with Gasteiger partial charge in [0.1, 0.15) is 12.2 Å². The molecule has 1 aromatic heterocycles. The first kappa shape index (κ1) is 12.1. The van der Waals surface area contributed by atoms with Gasteiger partial charge in [-0.1, -0.05) is 5.16 Å². The van der Waals surface area contributed by atoms with Gasteiger partial charge in [0.25, 0.3) is 0 Å². The molecule has 2 aromatic rings. The number of ether oxygens (including phenoxy) is 2. The highest BCUT2D eigenvalue weighted by Gasteiger charge is 2.12. The fourth-order valence-corrected chi connectivity index (χ4v) is 1.38. The highest BCUT2D eigenvalue weighted by Crippen LogP contribution is 2.19. The Labute approximate surface area is 104 Å². The number of hydrogen-bond acceptors (Lipinski definition) is 6. The highest BCUT2D eigenvalue weighted by atomic mass is 16.5. The van der Waals surface area contributed by atoms with Gasteiger partial charge in [-0.25, -0.2) is 0 Å². The van der Waals surface area contributed by atoms with E-state index in [1.54, 1.807) is 19.2 Å². The number of carbonyl (C=O) groups excluding carboxylic acids is 1. The minimum atomic E-state index is -0.417. The van der Waals surface area contributed by atoms with Crippen LogP contribution in [0.5, 0.6) is 5.75 Å². The topological polar surface area (TPSA) is 74.5 Å². The number of aromatic nitrogens is 2. The summed E-state index contributed by atoms with van der Waals surface area (Å²) in [4.78, 5) is 15.1. The van der Waals surface area contributed by atoms with Gasteiger partial charge in [-0.2, -0.15) is 4.98 Å². The molecule has 94 valence electrons. The van der Waals surface area contributed by atoms with E-state index in [4.69, 9.17) is 9.26 Å². The Hall–Kier alpha value is -2.37. The molecule has 0 fully saturated rings. The summed E-state index contributed by atoms with van der Waals surface area (Å²) in [7, 11) is 2.90. The van der Waals surface area contributed by atoms with Gasteiger partial charge in [0.2, 0.25) is 11.7 Å². The normalized spacial score (nSPS) is 10.1. The molecule has 0 saturated carbocycles. The van der Waals surface area contributed by atoms with Gasteiger partial charge >= 0.3 is 5.97 Å². The SMILES string of the molecule is COC(=O)Cc1nc(-c2ccc(OC)cc2)no1. The summed E-state index contributed by atoms with van der Waals surface area (Å²) < 4.78 is 14.5. The first-order chi connectivity index (χ1) is 8.72. The van der Waals surface area contributed by atoms with E-state index in [9.17, 15) is 4.79 Å². The Morgan fingerprint density at radius 2 is 2.00 bits per heavy atom. The third-order valence-electron chi connectivity index (χ3n) is 2.34. The molecule has 0 bridgehead atoms. The molecular formula is C12H12N2O4. The van der Waals surface area contributed by atoms with E-state index >= 15 is 0 Å². The van der Waals surface area contributed by atoms with Crippen molar-refractivity contribution in [2.75, 3.05) is 14.2 Å². The van der Waals surface area contributed by atoms with Gasteiger partial charge in [-0.3, -0.25) is 4.79 Å². The summed E-state index contributed by atoms with van der Waals surface area (Å²) in [6, 6.07) is 7.22. The monoisotopic (exact) mass is 248 g/mol. The van der Waals surface area contributed by atoms with Crippen LogP contribution >= 0.6 is 0 Å². The highest BCUT2D eigenvalue weighted by molar-refractivity contribution is 5.71. The lowest BCUT2D eigenvalue weighted by molar-refractivity contribution is -0.140. The van der Waals surface area contributed by atoms with Crippen LogP contribution in [0.2, 0.25) is 0 Å². The van der Waals surface area contributed by atoms with Crippen LogP contribution in [0.25, 0.3) is 11.4 Å². The van der Waals surface area contributed by atoms with E-state index in [0.717, 1.165) is 11.3 Å². The van der Waals surface area contributed by atoms with Crippen molar-refractivity contribution in [3.63, 3.8) is 0 Å². The van der Waals surface area contributed by atoms with Crippen LogP contribution in [-0.4, -0.2) is 30.3 Å². The molecule has 18 heavy (non-hydrogen) atoms. The molecule has 0 aliphatic carbocycles. The molecular weight excluding hydrogens is 236 g/mol. The van der Waals surface area contributed by atoms with Crippen molar-refractivity contribution in [2.24, 2.45) is 0 Å². The van der Waals surface area contributed by atoms with E-state index in [0.29, 0.717) is 5.82 Å². The molecule has 0 aliphatic heterocycles. The fraction of sp³-hybridized carbons (Fsp3) is 0.250. The standard InChI is InChI=1S/C12H12N2O4/c1-16-9-5-3-8(4-6-9)12-13-10(18-14-12)7-11(15)17-2/h3-6H,7H2,1-2H3. The number of methoxy groups -OCH3 is 2. The first-order valence-electron chi connectivity index (χ1n) is 5.26. The summed E-state index contributed by atoms with van der Waals surface area (Å²) in [6.07, 6.45) is -0.0281. The van der Waals surface area contributed by atoms with E-state index < -0.39 is 5.97 Å². The molecule has 0 radical (unpaired) electrons. The molecule has 1 aromatic carbocycles. The smallest absolute Gasteiger partial charge is 0.315 e. The zero-order valence-electron chi connectivity index (χ0n) is 10.0. The Morgan fingerprint density at radius 3 is 2.61 bits per heavy atom. The Kier molecular flexibility index (Phi) is 3.57. The summed E-state index contributed by atoms with van der Waals surface area (Å²) in [6.45, 7) is 0. The molecule has 6 nitrogen and oxygen atoms in total. The average molecular weight is 248 g/mol. The molecule has 2 rings (SSSR count). The van der Waals surface area contributed by atoms with Crippen molar-refractivity contribution in [1.29, 1.82) is 0 Å². The van der Waals surface area contributed by atoms with Gasteiger partial charge < -0.3 is 14.0 Å². The summed E-state index contributed by atoms with van der Waals surface area (Å²) in [5.41, 5.74) is 0.788. The molecule has 0 saturated heterocycles. The predicted octanol–water partition coefficient (Wildman–Crippen LogP) is 1.46. The molecule has 0 spiro atoms. The summed E-state index contributed by atoms with van der Waals surface area (Å²) in [5, 5.41) is 3.79. The third kappa shape index (κ3) is 2.65. The van der Waals surface area contributed by atoms with Crippen molar-refractivity contribution < 1.29 is 18.8 Å². The lowest BCUT2D eigenvalue weighted by Crippen LogP contribution is -2.04. The lowest BCUT2D eigenvalue weighted by Gasteiger charge is -1.98. The minimum absolute atomic E-state index is 0.0281. The lowest BCUT2D eigenvalue weighted by atomic mass is 10.2. The maximum Gasteiger partial charge on any atom is 0.315 e. The zero-order valence-corrected chi connectivity index (χ0v) is 10.0. The predicted molar refractivity (Wildman–Crippen MR) is 62.0 cm³/mol. The largest absolute Gasteiger partial charge is 0.497 e. The van der Waals surface area contributed by atoms with Crippen molar-refractivity contribution >= 4 is 5.97 Å². The van der Waals surface area contributed by atoms with Crippen molar-refractivity contribution in [3.05, 3.63) is 30.2 Å². The number of rotatable bonds is 4. The zero-order chi connectivity index (χ0) is 13.0. The quantitative estimate of drug-likeness (QED) is 0.762. The van der Waals surface area contributed by atoms with Gasteiger partial charge in [-0.15, -0.1) is 0 Å². The van der Waals surface area contributed by atoms with E-state index in [1.165, 1.54) is 7.11 Å². The van der Waals surface area contributed by atoms with Crippen molar-refractivity contribution in [2.45, 2.75) is 6.42 Å². The van der Waals surface area contributed by atoms with E-state index in [-0.39, 0.29) is 12.3 Å². The number of benzene rings is 1. The maximum atomic E-state index is 11.0. The Bertz CT molecular complexity index is 533. The number of esters is 1. The molecule has 6 heteroatoms. The minimum Gasteiger partial charge on any atom is -0.497 e. The van der Waals surface area contributed by atoms with Gasteiger partial charge in [0.15, 0.2) is 0 Å². The van der Waals surface area contributed by atoms with Crippen LogP contribution in [0.1, 0.15) is 5.89 Å². The second-order valence-electron chi connectivity index (χ2n) is 3.49. The summed E-state index contributed by atoms with van der Waals surface area (Å²) in [5.74, 6) is 0.987. The molecule has 0 atom stereocenters. The Balaban J connectivity index is 2.15. The molecule has 0 amide bonds. The molecule has 0 unspecified atom stereocenters. The van der Waals surface area contributed by atoms with Crippen LogP contribution in [0.3, 0.4) is 0 Å². The van der Waals surface area contributed by atoms with Gasteiger partial charge in [0.05, 0.1) is 14.2 Å². The average Bonchev–Trinajstić information content (AvgIpc) is 2.87. The van der Waals surface area contributed by atoms with E-state index in [1.807, 2.05) is 12.1 Å². The van der Waals surface area contributed by atoms with Gasteiger partial charge in [0, 0.05) is 5.56 Å². The van der Waals surface area contributed by atoms with Crippen LogP contribution in [0.4, 0.5) is 0 Å². The van der Waals surface area contributed by atoms with Crippen LogP contribution < -0.4 is 4.74 Å². The molecule has 0 N–H and O–H groups in total. The number of carbonyl (C=O) groups is 1.